The molecule has 2 aliphatic rings. The molecule has 0 radical (unpaired) electrons. The number of carbonyl (C=O) groups is 3. The molecule has 0 bridgehead atoms. The highest BCUT2D eigenvalue weighted by atomic mass is 16.4. The number of nitrogens with one attached hydrogen (secondary N) is 2. The first-order valence-corrected chi connectivity index (χ1v) is 9.38. The number of carbonyl (C=O) groups excluding carboxylic acids is 2. The molecule has 0 unspecified atom stereocenters. The van der Waals surface area contributed by atoms with E-state index in [1.165, 1.54) is 10.9 Å². The van der Waals surface area contributed by atoms with E-state index in [0.717, 1.165) is 51.4 Å². The predicted molar refractivity (Wildman–Crippen MR) is 94.3 cm³/mol. The summed E-state index contributed by atoms with van der Waals surface area (Å²) in [6.45, 7) is -0.234. The van der Waals surface area contributed by atoms with E-state index >= 15 is 0 Å². The van der Waals surface area contributed by atoms with E-state index in [1.807, 2.05) is 0 Å². The van der Waals surface area contributed by atoms with Crippen LogP contribution in [0.25, 0.3) is 0 Å². The molecule has 0 saturated heterocycles. The number of carboxylic acids is 1. The van der Waals surface area contributed by atoms with Crippen molar-refractivity contribution in [1.29, 1.82) is 0 Å². The van der Waals surface area contributed by atoms with Gasteiger partial charge < -0.3 is 15.7 Å². The van der Waals surface area contributed by atoms with E-state index < -0.39 is 5.97 Å². The van der Waals surface area contributed by atoms with Gasteiger partial charge in [0, 0.05) is 30.1 Å². The van der Waals surface area contributed by atoms with Crippen molar-refractivity contribution in [2.24, 2.45) is 11.8 Å². The standard InChI is InChI=1S/C18H26N4O4/c23-16(24)11-22-10-9-15(21-22)20-18(26)13-5-7-14(8-6-13)19-17(25)12-3-1-2-4-12/h9-10,12-14H,1-8,11H2,(H,19,25)(H,23,24)(H,20,21,26). The number of aliphatic carboxylic acids is 1. The van der Waals surface area contributed by atoms with Crippen molar-refractivity contribution >= 4 is 23.6 Å². The lowest BCUT2D eigenvalue weighted by atomic mass is 9.85. The Morgan fingerprint density at radius 2 is 1.69 bits per heavy atom. The van der Waals surface area contributed by atoms with Gasteiger partial charge in [-0.05, 0) is 38.5 Å². The summed E-state index contributed by atoms with van der Waals surface area (Å²) in [4.78, 5) is 35.2. The van der Waals surface area contributed by atoms with E-state index in [4.69, 9.17) is 5.11 Å². The van der Waals surface area contributed by atoms with Gasteiger partial charge in [-0.1, -0.05) is 12.8 Å². The largest absolute Gasteiger partial charge is 0.480 e. The first-order valence-electron chi connectivity index (χ1n) is 9.38. The zero-order valence-corrected chi connectivity index (χ0v) is 14.8. The van der Waals surface area contributed by atoms with Gasteiger partial charge in [0.1, 0.15) is 6.54 Å². The molecule has 0 atom stereocenters. The fourth-order valence-electron chi connectivity index (χ4n) is 3.89. The van der Waals surface area contributed by atoms with Crippen molar-refractivity contribution in [2.75, 3.05) is 5.32 Å². The molecule has 142 valence electrons. The lowest BCUT2D eigenvalue weighted by Crippen LogP contribution is -2.41. The molecule has 26 heavy (non-hydrogen) atoms. The molecule has 8 nitrogen and oxygen atoms in total. The molecule has 1 aromatic heterocycles. The van der Waals surface area contributed by atoms with E-state index in [2.05, 4.69) is 15.7 Å². The molecule has 2 saturated carbocycles. The topological polar surface area (TPSA) is 113 Å². The summed E-state index contributed by atoms with van der Waals surface area (Å²) in [5.74, 6) is -0.446. The summed E-state index contributed by atoms with van der Waals surface area (Å²) in [7, 11) is 0. The highest BCUT2D eigenvalue weighted by molar-refractivity contribution is 5.91. The lowest BCUT2D eigenvalue weighted by Gasteiger charge is -2.29. The Labute approximate surface area is 152 Å². The van der Waals surface area contributed by atoms with E-state index in [9.17, 15) is 14.4 Å². The first-order chi connectivity index (χ1) is 12.5. The predicted octanol–water partition coefficient (Wildman–Crippen LogP) is 1.77. The van der Waals surface area contributed by atoms with E-state index in [-0.39, 0.29) is 36.2 Å². The van der Waals surface area contributed by atoms with Gasteiger partial charge in [0.25, 0.3) is 0 Å². The Morgan fingerprint density at radius 3 is 2.35 bits per heavy atom. The molecule has 2 amide bonds. The first kappa shape index (κ1) is 18.4. The zero-order valence-electron chi connectivity index (χ0n) is 14.8. The van der Waals surface area contributed by atoms with Gasteiger partial charge in [-0.2, -0.15) is 5.10 Å². The summed E-state index contributed by atoms with van der Waals surface area (Å²) in [6, 6.07) is 1.76. The average Bonchev–Trinajstić information content (AvgIpc) is 3.27. The minimum absolute atomic E-state index is 0.0915. The Balaban J connectivity index is 1.42. The molecule has 0 aliphatic heterocycles. The second-order valence-electron chi connectivity index (χ2n) is 7.32. The Morgan fingerprint density at radius 1 is 1.04 bits per heavy atom. The summed E-state index contributed by atoms with van der Waals surface area (Å²) < 4.78 is 1.27. The summed E-state index contributed by atoms with van der Waals surface area (Å²) in [6.07, 6.45) is 8.90. The maximum absolute atomic E-state index is 12.4. The minimum Gasteiger partial charge on any atom is -0.480 e. The van der Waals surface area contributed by atoms with Crippen molar-refractivity contribution < 1.29 is 19.5 Å². The van der Waals surface area contributed by atoms with Gasteiger partial charge >= 0.3 is 5.97 Å². The number of carboxylic acid groups (broad SMARTS) is 1. The number of anilines is 1. The average molecular weight is 362 g/mol. The molecule has 2 aliphatic carbocycles. The van der Waals surface area contributed by atoms with Gasteiger partial charge in [-0.15, -0.1) is 0 Å². The molecular weight excluding hydrogens is 336 g/mol. The molecule has 0 spiro atoms. The number of amides is 2. The number of nitrogens with zero attached hydrogens (tertiary/aromatic N) is 2. The molecular formula is C18H26N4O4. The fourth-order valence-corrected chi connectivity index (χ4v) is 3.89. The number of hydrogen-bond acceptors (Lipinski definition) is 4. The Kier molecular flexibility index (Phi) is 5.90. The van der Waals surface area contributed by atoms with E-state index in [0.29, 0.717) is 5.82 Å². The lowest BCUT2D eigenvalue weighted by molar-refractivity contribution is -0.138. The van der Waals surface area contributed by atoms with Crippen molar-refractivity contribution in [3.05, 3.63) is 12.3 Å². The zero-order chi connectivity index (χ0) is 18.5. The van der Waals surface area contributed by atoms with E-state index in [1.54, 1.807) is 6.07 Å². The molecule has 3 N–H and O–H groups in total. The van der Waals surface area contributed by atoms with Crippen LogP contribution in [-0.4, -0.2) is 38.7 Å². The van der Waals surface area contributed by atoms with Gasteiger partial charge in [-0.3, -0.25) is 19.1 Å². The fraction of sp³-hybridized carbons (Fsp3) is 0.667. The molecule has 3 rings (SSSR count). The highest BCUT2D eigenvalue weighted by Gasteiger charge is 2.30. The maximum Gasteiger partial charge on any atom is 0.325 e. The van der Waals surface area contributed by atoms with Gasteiger partial charge in [0.05, 0.1) is 0 Å². The number of rotatable bonds is 6. The van der Waals surface area contributed by atoms with Crippen LogP contribution in [0.15, 0.2) is 12.3 Å². The van der Waals surface area contributed by atoms with Crippen molar-refractivity contribution in [3.8, 4) is 0 Å². The van der Waals surface area contributed by atoms with Crippen LogP contribution in [-0.2, 0) is 20.9 Å². The van der Waals surface area contributed by atoms with Crippen molar-refractivity contribution in [2.45, 2.75) is 64.0 Å². The monoisotopic (exact) mass is 362 g/mol. The summed E-state index contributed by atoms with van der Waals surface area (Å²) in [5.41, 5.74) is 0. The number of aromatic nitrogens is 2. The van der Waals surface area contributed by atoms with Crippen LogP contribution >= 0.6 is 0 Å². The van der Waals surface area contributed by atoms with Crippen LogP contribution in [0.1, 0.15) is 51.4 Å². The Hall–Kier alpha value is -2.38. The second kappa shape index (κ2) is 8.33. The smallest absolute Gasteiger partial charge is 0.325 e. The van der Waals surface area contributed by atoms with Crippen LogP contribution < -0.4 is 10.6 Å². The van der Waals surface area contributed by atoms with Crippen LogP contribution in [0, 0.1) is 11.8 Å². The summed E-state index contributed by atoms with van der Waals surface area (Å²) >= 11 is 0. The third kappa shape index (κ3) is 4.83. The molecule has 0 aromatic carbocycles. The number of hydrogen-bond donors (Lipinski definition) is 3. The molecule has 1 heterocycles. The molecule has 1 aromatic rings. The van der Waals surface area contributed by atoms with Crippen LogP contribution in [0.2, 0.25) is 0 Å². The van der Waals surface area contributed by atoms with Crippen LogP contribution in [0.3, 0.4) is 0 Å². The quantitative estimate of drug-likeness (QED) is 0.714. The highest BCUT2D eigenvalue weighted by Crippen LogP contribution is 2.28. The second-order valence-corrected chi connectivity index (χ2v) is 7.32. The summed E-state index contributed by atoms with van der Waals surface area (Å²) in [5, 5.41) is 18.7. The van der Waals surface area contributed by atoms with Crippen LogP contribution in [0.4, 0.5) is 5.82 Å². The maximum atomic E-state index is 12.4. The van der Waals surface area contributed by atoms with Crippen molar-refractivity contribution in [1.82, 2.24) is 15.1 Å². The third-order valence-electron chi connectivity index (χ3n) is 5.36. The normalized spacial score (nSPS) is 23.5. The van der Waals surface area contributed by atoms with Crippen LogP contribution in [0.5, 0.6) is 0 Å². The van der Waals surface area contributed by atoms with Crippen molar-refractivity contribution in [3.63, 3.8) is 0 Å². The molecule has 2 fully saturated rings. The third-order valence-corrected chi connectivity index (χ3v) is 5.36. The Bertz CT molecular complexity index is 658. The molecule has 8 heteroatoms. The van der Waals surface area contributed by atoms with Gasteiger partial charge in [0.15, 0.2) is 5.82 Å². The minimum atomic E-state index is -0.982. The van der Waals surface area contributed by atoms with Gasteiger partial charge in [0.2, 0.25) is 11.8 Å². The van der Waals surface area contributed by atoms with Gasteiger partial charge in [-0.25, -0.2) is 0 Å². The SMILES string of the molecule is O=C(O)Cn1ccc(NC(=O)C2CCC(NC(=O)C3CCCC3)CC2)n1.